The van der Waals surface area contributed by atoms with Crippen molar-refractivity contribution in [1.82, 2.24) is 19.6 Å². The Balaban J connectivity index is 1.78. The van der Waals surface area contributed by atoms with E-state index in [1.165, 1.54) is 4.90 Å². The summed E-state index contributed by atoms with van der Waals surface area (Å²) >= 11 is 12.4. The van der Waals surface area contributed by atoms with Gasteiger partial charge in [-0.1, -0.05) is 35.3 Å². The summed E-state index contributed by atoms with van der Waals surface area (Å²) in [5.74, 6) is 1.58. The number of quaternary nitrogens is 1. The van der Waals surface area contributed by atoms with Crippen LogP contribution in [-0.2, 0) is 0 Å². The molecule has 0 spiro atoms. The summed E-state index contributed by atoms with van der Waals surface area (Å²) in [5, 5.41) is 11.0. The van der Waals surface area contributed by atoms with Crippen LogP contribution in [0.3, 0.4) is 0 Å². The number of aromatic nitrogens is 4. The van der Waals surface area contributed by atoms with E-state index >= 15 is 0 Å². The highest BCUT2D eigenvalue weighted by atomic mass is 35.5. The number of likely N-dealkylation sites (N-methyl/N-ethyl adjacent to an activating group) is 1. The molecule has 28 heavy (non-hydrogen) atoms. The van der Waals surface area contributed by atoms with Gasteiger partial charge >= 0.3 is 0 Å². The van der Waals surface area contributed by atoms with Gasteiger partial charge in [0.2, 0.25) is 5.95 Å². The Morgan fingerprint density at radius 2 is 1.75 bits per heavy atom. The number of piperazine rings is 1. The molecule has 142 valence electrons. The molecule has 0 saturated carbocycles. The van der Waals surface area contributed by atoms with Crippen LogP contribution in [0.5, 0.6) is 0 Å². The molecule has 0 bridgehead atoms. The summed E-state index contributed by atoms with van der Waals surface area (Å²) in [4.78, 5) is 8.84. The van der Waals surface area contributed by atoms with Crippen molar-refractivity contribution in [2.45, 2.75) is 0 Å². The van der Waals surface area contributed by atoms with Crippen molar-refractivity contribution < 1.29 is 4.90 Å². The Bertz CT molecular complexity index is 1180. The normalized spacial score (nSPS) is 15.6. The first-order chi connectivity index (χ1) is 13.6. The van der Waals surface area contributed by atoms with Crippen LogP contribution >= 0.6 is 23.2 Å². The smallest absolute Gasteiger partial charge is 0.214 e. The maximum absolute atomic E-state index is 6.26. The van der Waals surface area contributed by atoms with Crippen molar-refractivity contribution in [1.29, 1.82) is 0 Å². The molecule has 0 radical (unpaired) electrons. The summed E-state index contributed by atoms with van der Waals surface area (Å²) < 4.78 is 2.04. The van der Waals surface area contributed by atoms with Gasteiger partial charge in [0.25, 0.3) is 0 Å². The van der Waals surface area contributed by atoms with Gasteiger partial charge in [0.05, 0.1) is 48.8 Å². The fraction of sp³-hybridized carbons (Fsp3) is 0.250. The molecule has 5 rings (SSSR count). The molecule has 4 aromatic rings. The Kier molecular flexibility index (Phi) is 4.34. The predicted molar refractivity (Wildman–Crippen MR) is 113 cm³/mol. The van der Waals surface area contributed by atoms with Crippen LogP contribution in [0.25, 0.3) is 27.9 Å². The number of hydrogen-bond acceptors (Lipinski definition) is 4. The molecular weight excluding hydrogens is 395 g/mol. The van der Waals surface area contributed by atoms with Gasteiger partial charge in [-0.25, -0.2) is 9.38 Å². The molecular formula is C20H19Cl2N6+. The first-order valence-electron chi connectivity index (χ1n) is 9.27. The van der Waals surface area contributed by atoms with E-state index in [1.807, 2.05) is 40.8 Å². The minimum atomic E-state index is 0.495. The van der Waals surface area contributed by atoms with Crippen LogP contribution in [0.2, 0.25) is 10.0 Å². The Hall–Kier alpha value is -2.41. The quantitative estimate of drug-likeness (QED) is 0.548. The molecule has 1 N–H and O–H groups in total. The number of nitrogens with zero attached hydrogens (tertiary/aromatic N) is 5. The van der Waals surface area contributed by atoms with Crippen LogP contribution in [0.4, 0.5) is 5.95 Å². The monoisotopic (exact) mass is 413 g/mol. The second-order valence-electron chi connectivity index (χ2n) is 7.18. The number of nitrogens with one attached hydrogen (secondary N) is 1. The van der Waals surface area contributed by atoms with Crippen molar-refractivity contribution in [3.05, 3.63) is 52.5 Å². The van der Waals surface area contributed by atoms with E-state index in [1.54, 1.807) is 6.07 Å². The molecule has 2 aromatic carbocycles. The van der Waals surface area contributed by atoms with E-state index in [4.69, 9.17) is 28.2 Å². The van der Waals surface area contributed by atoms with Gasteiger partial charge in [-0.15, -0.1) is 10.2 Å². The lowest BCUT2D eigenvalue weighted by molar-refractivity contribution is -0.880. The van der Waals surface area contributed by atoms with Crippen molar-refractivity contribution in [2.24, 2.45) is 0 Å². The lowest BCUT2D eigenvalue weighted by atomic mass is 10.2. The van der Waals surface area contributed by atoms with Gasteiger partial charge in [0.1, 0.15) is 0 Å². The summed E-state index contributed by atoms with van der Waals surface area (Å²) in [7, 11) is 2.22. The predicted octanol–water partition coefficient (Wildman–Crippen LogP) is 2.59. The Morgan fingerprint density at radius 1 is 0.964 bits per heavy atom. The van der Waals surface area contributed by atoms with Gasteiger partial charge in [-0.05, 0) is 30.3 Å². The van der Waals surface area contributed by atoms with Crippen LogP contribution in [0.15, 0.2) is 42.5 Å². The summed E-state index contributed by atoms with van der Waals surface area (Å²) in [6.07, 6.45) is 0. The maximum atomic E-state index is 6.26. The van der Waals surface area contributed by atoms with Gasteiger partial charge < -0.3 is 9.80 Å². The number of anilines is 1. The van der Waals surface area contributed by atoms with Crippen molar-refractivity contribution >= 4 is 45.7 Å². The zero-order chi connectivity index (χ0) is 19.3. The third-order valence-corrected chi connectivity index (χ3v) is 6.05. The molecule has 0 amide bonds. The van der Waals surface area contributed by atoms with E-state index in [2.05, 4.69) is 22.1 Å². The topological polar surface area (TPSA) is 50.8 Å². The number of fused-ring (bicyclic) bond motifs is 3. The van der Waals surface area contributed by atoms with Gasteiger partial charge in [0.15, 0.2) is 11.5 Å². The summed E-state index contributed by atoms with van der Waals surface area (Å²) in [6, 6.07) is 13.6. The van der Waals surface area contributed by atoms with Crippen molar-refractivity contribution in [3.63, 3.8) is 0 Å². The van der Waals surface area contributed by atoms with Gasteiger partial charge in [0, 0.05) is 10.9 Å². The van der Waals surface area contributed by atoms with Crippen LogP contribution in [0.1, 0.15) is 0 Å². The molecule has 2 aromatic heterocycles. The van der Waals surface area contributed by atoms with Crippen LogP contribution < -0.4 is 9.80 Å². The highest BCUT2D eigenvalue weighted by molar-refractivity contribution is 6.42. The number of rotatable bonds is 2. The molecule has 1 aliphatic rings. The lowest BCUT2D eigenvalue weighted by Crippen LogP contribution is -3.12. The van der Waals surface area contributed by atoms with E-state index < -0.39 is 0 Å². The van der Waals surface area contributed by atoms with E-state index in [-0.39, 0.29) is 0 Å². The molecule has 0 atom stereocenters. The third kappa shape index (κ3) is 2.89. The second-order valence-corrected chi connectivity index (χ2v) is 8.00. The average molecular weight is 414 g/mol. The minimum Gasteiger partial charge on any atom is -0.334 e. The SMILES string of the molecule is C[NH+]1CCN(c2nc3ccccc3c3nnc(-c4ccc(Cl)c(Cl)c4)n23)CC1. The highest BCUT2D eigenvalue weighted by Gasteiger charge is 2.24. The van der Waals surface area contributed by atoms with E-state index in [0.717, 1.165) is 54.2 Å². The molecule has 1 saturated heterocycles. The summed E-state index contributed by atoms with van der Waals surface area (Å²) in [5.41, 5.74) is 2.58. The summed E-state index contributed by atoms with van der Waals surface area (Å²) in [6.45, 7) is 4.01. The average Bonchev–Trinajstić information content (AvgIpc) is 3.16. The fourth-order valence-corrected chi connectivity index (χ4v) is 3.99. The molecule has 0 unspecified atom stereocenters. The van der Waals surface area contributed by atoms with E-state index in [0.29, 0.717) is 15.9 Å². The first kappa shape index (κ1) is 17.7. The maximum Gasteiger partial charge on any atom is 0.214 e. The minimum absolute atomic E-state index is 0.495. The molecule has 1 aliphatic heterocycles. The van der Waals surface area contributed by atoms with Gasteiger partial charge in [-0.3, -0.25) is 0 Å². The lowest BCUT2D eigenvalue weighted by Gasteiger charge is -2.31. The first-order valence-corrected chi connectivity index (χ1v) is 10.0. The van der Waals surface area contributed by atoms with Crippen LogP contribution in [-0.4, -0.2) is 52.8 Å². The largest absolute Gasteiger partial charge is 0.334 e. The fourth-order valence-electron chi connectivity index (χ4n) is 3.69. The Morgan fingerprint density at radius 3 is 2.54 bits per heavy atom. The number of para-hydroxylation sites is 1. The van der Waals surface area contributed by atoms with Crippen molar-refractivity contribution in [3.8, 4) is 11.4 Å². The third-order valence-electron chi connectivity index (χ3n) is 5.31. The number of halogens is 2. The second kappa shape index (κ2) is 6.88. The number of benzene rings is 2. The molecule has 1 fully saturated rings. The number of hydrogen-bond donors (Lipinski definition) is 1. The zero-order valence-corrected chi connectivity index (χ0v) is 16.9. The van der Waals surface area contributed by atoms with Crippen LogP contribution in [0, 0.1) is 0 Å². The highest BCUT2D eigenvalue weighted by Crippen LogP contribution is 2.31. The molecule has 6 nitrogen and oxygen atoms in total. The standard InChI is InChI=1S/C20H18Cl2N6/c1-26-8-10-27(11-9-26)20-23-17-5-3-2-4-14(17)19-25-24-18(28(19)20)13-6-7-15(21)16(22)12-13/h2-7,12H,8-11H2,1H3/p+1. The van der Waals surface area contributed by atoms with Gasteiger partial charge in [-0.2, -0.15) is 0 Å². The molecule has 3 heterocycles. The Labute approximate surface area is 172 Å². The molecule has 8 heteroatoms. The zero-order valence-electron chi connectivity index (χ0n) is 15.4. The van der Waals surface area contributed by atoms with Crippen molar-refractivity contribution in [2.75, 3.05) is 38.1 Å². The molecule has 0 aliphatic carbocycles. The van der Waals surface area contributed by atoms with E-state index in [9.17, 15) is 0 Å².